The molecule has 0 aromatic carbocycles. The zero-order valence-corrected chi connectivity index (χ0v) is 10.4. The Morgan fingerprint density at radius 2 is 2.50 bits per heavy atom. The molecule has 0 spiro atoms. The van der Waals surface area contributed by atoms with E-state index in [4.69, 9.17) is 10.5 Å². The number of ether oxygens (including phenoxy) is 1. The first-order chi connectivity index (χ1) is 7.72. The Kier molecular flexibility index (Phi) is 2.73. The van der Waals surface area contributed by atoms with E-state index in [1.165, 1.54) is 12.8 Å². The first kappa shape index (κ1) is 10.7. The zero-order chi connectivity index (χ0) is 11.1. The lowest BCUT2D eigenvalue weighted by Crippen LogP contribution is -2.38. The molecular formula is C12H18N2OS. The third kappa shape index (κ3) is 1.90. The summed E-state index contributed by atoms with van der Waals surface area (Å²) < 4.78 is 5.85. The van der Waals surface area contributed by atoms with Gasteiger partial charge in [0.2, 0.25) is 0 Å². The van der Waals surface area contributed by atoms with Gasteiger partial charge in [0.15, 0.2) is 0 Å². The molecule has 4 heteroatoms. The number of aromatic nitrogens is 1. The van der Waals surface area contributed by atoms with Crippen molar-refractivity contribution in [1.29, 1.82) is 0 Å². The topological polar surface area (TPSA) is 48.1 Å². The zero-order valence-electron chi connectivity index (χ0n) is 9.56. The summed E-state index contributed by atoms with van der Waals surface area (Å²) in [4.78, 5) is 4.48. The third-order valence-electron chi connectivity index (χ3n) is 3.81. The lowest BCUT2D eigenvalue weighted by atomic mass is 9.82. The van der Waals surface area contributed by atoms with E-state index in [2.05, 4.69) is 10.4 Å². The Labute approximate surface area is 100 Å². The third-order valence-corrected chi connectivity index (χ3v) is 4.64. The maximum atomic E-state index is 6.29. The van der Waals surface area contributed by atoms with Crippen LogP contribution < -0.4 is 5.73 Å². The number of rotatable bonds is 3. The van der Waals surface area contributed by atoms with Gasteiger partial charge in [-0.15, -0.1) is 11.3 Å². The molecule has 0 radical (unpaired) electrons. The molecule has 88 valence electrons. The van der Waals surface area contributed by atoms with Crippen LogP contribution in [0.4, 0.5) is 0 Å². The van der Waals surface area contributed by atoms with Crippen molar-refractivity contribution in [2.75, 3.05) is 0 Å². The summed E-state index contributed by atoms with van der Waals surface area (Å²) in [5.74, 6) is 0.556. The fourth-order valence-electron chi connectivity index (χ4n) is 3.02. The molecular weight excluding hydrogens is 220 g/mol. The van der Waals surface area contributed by atoms with Crippen molar-refractivity contribution in [2.45, 2.75) is 50.9 Å². The summed E-state index contributed by atoms with van der Waals surface area (Å²) in [5, 5.41) is 3.26. The molecule has 1 aromatic rings. The Morgan fingerprint density at radius 1 is 1.62 bits per heavy atom. The van der Waals surface area contributed by atoms with Gasteiger partial charge in [0.05, 0.1) is 22.9 Å². The molecule has 2 N–H and O–H groups in total. The molecule has 0 amide bonds. The van der Waals surface area contributed by atoms with Crippen LogP contribution >= 0.6 is 11.3 Å². The van der Waals surface area contributed by atoms with Crippen LogP contribution in [0.15, 0.2) is 5.38 Å². The van der Waals surface area contributed by atoms with Crippen molar-refractivity contribution in [1.82, 2.24) is 4.98 Å². The van der Waals surface area contributed by atoms with Crippen molar-refractivity contribution in [3.05, 3.63) is 16.1 Å². The van der Waals surface area contributed by atoms with Crippen molar-refractivity contribution in [3.63, 3.8) is 0 Å². The normalized spacial score (nSPS) is 34.5. The highest BCUT2D eigenvalue weighted by Crippen LogP contribution is 2.40. The Morgan fingerprint density at radius 3 is 3.06 bits per heavy atom. The Balaban J connectivity index is 1.63. The first-order valence-electron chi connectivity index (χ1n) is 6.04. The monoisotopic (exact) mass is 238 g/mol. The minimum Gasteiger partial charge on any atom is -0.375 e. The quantitative estimate of drug-likeness (QED) is 0.874. The van der Waals surface area contributed by atoms with Gasteiger partial charge in [-0.25, -0.2) is 4.98 Å². The van der Waals surface area contributed by atoms with Gasteiger partial charge in [0.25, 0.3) is 0 Å². The van der Waals surface area contributed by atoms with E-state index in [0.717, 1.165) is 23.5 Å². The molecule has 2 aliphatic rings. The van der Waals surface area contributed by atoms with Gasteiger partial charge in [0, 0.05) is 23.8 Å². The fourth-order valence-corrected chi connectivity index (χ4v) is 3.65. The van der Waals surface area contributed by atoms with E-state index < -0.39 is 0 Å². The number of aryl methyl sites for hydroxylation is 1. The molecule has 2 fully saturated rings. The summed E-state index contributed by atoms with van der Waals surface area (Å²) in [6.45, 7) is 2.04. The average molecular weight is 238 g/mol. The lowest BCUT2D eigenvalue weighted by molar-refractivity contribution is 0.0884. The minimum absolute atomic E-state index is 0.219. The second kappa shape index (κ2) is 4.09. The van der Waals surface area contributed by atoms with Crippen LogP contribution in [0.5, 0.6) is 0 Å². The van der Waals surface area contributed by atoms with Crippen LogP contribution in [-0.2, 0) is 11.2 Å². The van der Waals surface area contributed by atoms with E-state index >= 15 is 0 Å². The van der Waals surface area contributed by atoms with Gasteiger partial charge >= 0.3 is 0 Å². The molecule has 1 aromatic heterocycles. The second-order valence-electron chi connectivity index (χ2n) is 5.00. The predicted molar refractivity (Wildman–Crippen MR) is 64.5 cm³/mol. The standard InChI is InChI=1S/C12H18N2OS/c1-7-14-8(6-16-7)4-11(13)10-5-9-2-3-12(10)15-9/h6,9-12H,2-5,13H2,1H3. The van der Waals surface area contributed by atoms with Gasteiger partial charge in [-0.2, -0.15) is 0 Å². The van der Waals surface area contributed by atoms with Crippen LogP contribution in [0.2, 0.25) is 0 Å². The Bertz CT molecular complexity index is 379. The average Bonchev–Trinajstić information content (AvgIpc) is 2.93. The summed E-state index contributed by atoms with van der Waals surface area (Å²) in [5.41, 5.74) is 7.44. The van der Waals surface area contributed by atoms with E-state index in [1.807, 2.05) is 6.92 Å². The number of nitrogens with two attached hydrogens (primary N) is 1. The molecule has 0 saturated carbocycles. The summed E-state index contributed by atoms with van der Waals surface area (Å²) in [6.07, 6.45) is 5.44. The molecule has 3 rings (SSSR count). The molecule has 2 aliphatic heterocycles. The van der Waals surface area contributed by atoms with E-state index in [9.17, 15) is 0 Å². The molecule has 16 heavy (non-hydrogen) atoms. The van der Waals surface area contributed by atoms with Gasteiger partial charge in [0.1, 0.15) is 0 Å². The molecule has 2 bridgehead atoms. The summed E-state index contributed by atoms with van der Waals surface area (Å²) >= 11 is 1.71. The van der Waals surface area contributed by atoms with Crippen LogP contribution in [0.1, 0.15) is 30.0 Å². The van der Waals surface area contributed by atoms with Gasteiger partial charge in [-0.3, -0.25) is 0 Å². The van der Waals surface area contributed by atoms with E-state index in [1.54, 1.807) is 11.3 Å². The number of hydrogen-bond acceptors (Lipinski definition) is 4. The van der Waals surface area contributed by atoms with Crippen molar-refractivity contribution < 1.29 is 4.74 Å². The van der Waals surface area contributed by atoms with Crippen LogP contribution in [0, 0.1) is 12.8 Å². The molecule has 4 atom stereocenters. The van der Waals surface area contributed by atoms with Crippen molar-refractivity contribution >= 4 is 11.3 Å². The molecule has 2 saturated heterocycles. The smallest absolute Gasteiger partial charge is 0.0897 e. The number of thiazole rings is 1. The van der Waals surface area contributed by atoms with E-state index in [0.29, 0.717) is 18.1 Å². The summed E-state index contributed by atoms with van der Waals surface area (Å²) in [6, 6.07) is 0.219. The van der Waals surface area contributed by atoms with Gasteiger partial charge < -0.3 is 10.5 Å². The second-order valence-corrected chi connectivity index (χ2v) is 6.06. The maximum absolute atomic E-state index is 6.29. The fraction of sp³-hybridized carbons (Fsp3) is 0.750. The first-order valence-corrected chi connectivity index (χ1v) is 6.92. The lowest BCUT2D eigenvalue weighted by Gasteiger charge is -2.24. The molecule has 3 nitrogen and oxygen atoms in total. The number of hydrogen-bond donors (Lipinski definition) is 1. The molecule has 0 aliphatic carbocycles. The maximum Gasteiger partial charge on any atom is 0.0897 e. The molecule has 3 heterocycles. The highest BCUT2D eigenvalue weighted by atomic mass is 32.1. The van der Waals surface area contributed by atoms with Crippen LogP contribution in [-0.4, -0.2) is 23.2 Å². The highest BCUT2D eigenvalue weighted by molar-refractivity contribution is 7.09. The van der Waals surface area contributed by atoms with Gasteiger partial charge in [-0.05, 0) is 26.2 Å². The minimum atomic E-state index is 0.219. The highest BCUT2D eigenvalue weighted by Gasteiger charge is 2.43. The predicted octanol–water partition coefficient (Wildman–Crippen LogP) is 1.89. The summed E-state index contributed by atoms with van der Waals surface area (Å²) in [7, 11) is 0. The van der Waals surface area contributed by atoms with Gasteiger partial charge in [-0.1, -0.05) is 0 Å². The largest absolute Gasteiger partial charge is 0.375 e. The van der Waals surface area contributed by atoms with Crippen LogP contribution in [0.3, 0.4) is 0 Å². The van der Waals surface area contributed by atoms with Crippen LogP contribution in [0.25, 0.3) is 0 Å². The van der Waals surface area contributed by atoms with Crippen molar-refractivity contribution in [3.8, 4) is 0 Å². The SMILES string of the molecule is Cc1nc(CC(N)C2CC3CCC2O3)cs1. The van der Waals surface area contributed by atoms with Crippen molar-refractivity contribution in [2.24, 2.45) is 11.7 Å². The Hall–Kier alpha value is -0.450. The molecule has 4 unspecified atom stereocenters. The number of nitrogens with zero attached hydrogens (tertiary/aromatic N) is 1. The van der Waals surface area contributed by atoms with E-state index in [-0.39, 0.29) is 6.04 Å². The number of fused-ring (bicyclic) bond motifs is 2.